The molecule has 16 heteroatoms. The van der Waals surface area contributed by atoms with E-state index in [0.717, 1.165) is 7.11 Å². The molecule has 0 saturated carbocycles. The predicted octanol–water partition coefficient (Wildman–Crippen LogP) is 3.08. The second kappa shape index (κ2) is 16.4. The van der Waals surface area contributed by atoms with Crippen molar-refractivity contribution >= 4 is 35.5 Å². The van der Waals surface area contributed by atoms with Crippen LogP contribution in [0.5, 0.6) is 5.88 Å². The van der Waals surface area contributed by atoms with Crippen molar-refractivity contribution in [3.05, 3.63) is 70.7 Å². The van der Waals surface area contributed by atoms with Crippen molar-refractivity contribution in [2.75, 3.05) is 27.6 Å². The fourth-order valence-electron chi connectivity index (χ4n) is 3.84. The summed E-state index contributed by atoms with van der Waals surface area (Å²) in [6.07, 6.45) is -2.67. The monoisotopic (exact) mass is 650 g/mol. The van der Waals surface area contributed by atoms with Gasteiger partial charge in [0.2, 0.25) is 12.6 Å². The number of benzene rings is 2. The average Bonchev–Trinajstić information content (AvgIpc) is 3.50. The molecule has 242 valence electrons. The van der Waals surface area contributed by atoms with E-state index in [1.165, 1.54) is 36.4 Å². The number of aliphatic hydroxyl groups excluding tert-OH is 1. The van der Waals surface area contributed by atoms with Crippen molar-refractivity contribution in [1.29, 1.82) is 0 Å². The molecule has 3 N–H and O–H groups in total. The quantitative estimate of drug-likeness (QED) is 0.132. The summed E-state index contributed by atoms with van der Waals surface area (Å²) in [6, 6.07) is 10.9. The Balaban J connectivity index is 1.68. The smallest absolute Gasteiger partial charge is 0.407 e. The van der Waals surface area contributed by atoms with E-state index in [9.17, 15) is 28.7 Å². The number of aliphatic hydroxyl groups is 1. The van der Waals surface area contributed by atoms with Crippen molar-refractivity contribution in [3.8, 4) is 17.0 Å². The third-order valence-electron chi connectivity index (χ3n) is 6.20. The van der Waals surface area contributed by atoms with Gasteiger partial charge in [-0.1, -0.05) is 49.7 Å². The molecule has 0 aliphatic carbocycles. The summed E-state index contributed by atoms with van der Waals surface area (Å²) < 4.78 is 38.5. The van der Waals surface area contributed by atoms with Gasteiger partial charge in [0.25, 0.3) is 5.88 Å². The first-order valence-electron chi connectivity index (χ1n) is 13.4. The predicted molar refractivity (Wildman–Crippen MR) is 155 cm³/mol. The lowest BCUT2D eigenvalue weighted by Crippen LogP contribution is -2.48. The number of rotatable bonds is 14. The molecule has 0 spiro atoms. The molecule has 1 unspecified atom stereocenters. The first-order chi connectivity index (χ1) is 21.4. The molecule has 2 aromatic carbocycles. The Bertz CT molecular complexity index is 1480. The first kappa shape index (κ1) is 34.8. The van der Waals surface area contributed by atoms with Gasteiger partial charge in [-0.2, -0.15) is 0 Å². The van der Waals surface area contributed by atoms with Crippen LogP contribution in [-0.2, 0) is 30.3 Å². The van der Waals surface area contributed by atoms with Gasteiger partial charge in [0, 0.05) is 17.1 Å². The Kier molecular flexibility index (Phi) is 12.6. The van der Waals surface area contributed by atoms with Crippen LogP contribution in [0.25, 0.3) is 11.1 Å². The van der Waals surface area contributed by atoms with Crippen LogP contribution in [0.2, 0.25) is 5.02 Å². The number of nitrogens with zero attached hydrogens (tertiary/aromatic N) is 2. The second-order valence-electron chi connectivity index (χ2n) is 9.79. The molecule has 0 aliphatic heterocycles. The van der Waals surface area contributed by atoms with E-state index in [0.29, 0.717) is 16.1 Å². The number of carbonyl (C=O) groups is 4. The molecular weight excluding hydrogens is 619 g/mol. The van der Waals surface area contributed by atoms with Crippen molar-refractivity contribution in [2.24, 2.45) is 5.92 Å². The SMILES string of the molecule is COC(=O)NC(C(=O)OCOC(=O)[C@H](O)CN(Cc1ccc(-c2cc(Cl)ccc2F)cc1)NC(=O)c1cc(OC)no1)C(C)C. The maximum absolute atomic E-state index is 14.3. The summed E-state index contributed by atoms with van der Waals surface area (Å²) in [6.45, 7) is 1.93. The molecule has 2 amide bonds. The van der Waals surface area contributed by atoms with Gasteiger partial charge in [-0.25, -0.2) is 23.8 Å². The third-order valence-corrected chi connectivity index (χ3v) is 6.43. The highest BCUT2D eigenvalue weighted by Gasteiger charge is 2.28. The summed E-state index contributed by atoms with van der Waals surface area (Å²) in [5, 5.41) is 18.0. The highest BCUT2D eigenvalue weighted by atomic mass is 35.5. The number of esters is 2. The van der Waals surface area contributed by atoms with Gasteiger partial charge in [0.1, 0.15) is 11.9 Å². The van der Waals surface area contributed by atoms with Crippen molar-refractivity contribution < 1.29 is 52.1 Å². The minimum absolute atomic E-state index is 0.0378. The maximum Gasteiger partial charge on any atom is 0.407 e. The maximum atomic E-state index is 14.3. The number of hydrazine groups is 1. The second-order valence-corrected chi connectivity index (χ2v) is 10.2. The molecular formula is C29H32ClFN4O10. The topological polar surface area (TPSA) is 179 Å². The van der Waals surface area contributed by atoms with Crippen LogP contribution in [0, 0.1) is 11.7 Å². The number of carbonyl (C=O) groups excluding carboxylic acids is 4. The lowest BCUT2D eigenvalue weighted by Gasteiger charge is -2.25. The molecule has 0 aliphatic rings. The summed E-state index contributed by atoms with van der Waals surface area (Å²) in [5.41, 5.74) is 3.95. The number of methoxy groups -OCH3 is 2. The Morgan fingerprint density at radius 1 is 1.04 bits per heavy atom. The number of hydrogen-bond acceptors (Lipinski definition) is 12. The lowest BCUT2D eigenvalue weighted by atomic mass is 10.0. The van der Waals surface area contributed by atoms with E-state index in [1.807, 2.05) is 0 Å². The zero-order chi connectivity index (χ0) is 33.1. The molecule has 14 nitrogen and oxygen atoms in total. The Morgan fingerprint density at radius 2 is 1.73 bits per heavy atom. The van der Waals surface area contributed by atoms with E-state index >= 15 is 0 Å². The van der Waals surface area contributed by atoms with E-state index in [4.69, 9.17) is 30.3 Å². The van der Waals surface area contributed by atoms with Crippen LogP contribution in [0.15, 0.2) is 53.1 Å². The van der Waals surface area contributed by atoms with Crippen LogP contribution in [-0.4, -0.2) is 78.9 Å². The minimum Gasteiger partial charge on any atom is -0.479 e. The zero-order valence-electron chi connectivity index (χ0n) is 24.7. The molecule has 45 heavy (non-hydrogen) atoms. The fourth-order valence-corrected chi connectivity index (χ4v) is 4.01. The molecule has 0 radical (unpaired) electrons. The Labute approximate surface area is 262 Å². The molecule has 1 aromatic heterocycles. The van der Waals surface area contributed by atoms with Gasteiger partial charge < -0.3 is 33.9 Å². The number of aromatic nitrogens is 1. The number of alkyl carbamates (subject to hydrolysis) is 1. The number of halogens is 2. The van der Waals surface area contributed by atoms with Crippen molar-refractivity contribution in [2.45, 2.75) is 32.5 Å². The highest BCUT2D eigenvalue weighted by molar-refractivity contribution is 6.30. The first-order valence-corrected chi connectivity index (χ1v) is 13.8. The highest BCUT2D eigenvalue weighted by Crippen LogP contribution is 2.26. The minimum atomic E-state index is -1.82. The van der Waals surface area contributed by atoms with Crippen LogP contribution < -0.4 is 15.5 Å². The standard InChI is InChI=1S/C29H32ClFN4O10/c1-16(2)25(32-29(40)42-4)28(39)44-15-43-27(38)22(36)14-35(33-26(37)23-12-24(41-3)34-45-23)13-17-5-7-18(8-6-17)20-11-19(30)9-10-21(20)31/h5-12,16,22,25,36H,13-15H2,1-4H3,(H,32,40)(H,33,37)/t22-,25?/m1/s1. The summed E-state index contributed by atoms with van der Waals surface area (Å²) in [7, 11) is 2.47. The van der Waals surface area contributed by atoms with Crippen molar-refractivity contribution in [3.63, 3.8) is 0 Å². The van der Waals surface area contributed by atoms with Gasteiger partial charge in [0.05, 0.1) is 26.8 Å². The van der Waals surface area contributed by atoms with E-state index < -0.39 is 55.2 Å². The van der Waals surface area contributed by atoms with E-state index in [2.05, 4.69) is 20.6 Å². The molecule has 3 aromatic rings. The van der Waals surface area contributed by atoms with Gasteiger partial charge in [-0.05, 0) is 40.4 Å². The molecule has 0 fully saturated rings. The number of hydrogen-bond donors (Lipinski definition) is 3. The Morgan fingerprint density at radius 3 is 2.36 bits per heavy atom. The normalized spacial score (nSPS) is 12.3. The van der Waals surface area contributed by atoms with Crippen molar-refractivity contribution in [1.82, 2.24) is 20.9 Å². The average molecular weight is 651 g/mol. The summed E-state index contributed by atoms with van der Waals surface area (Å²) >= 11 is 6.01. The molecule has 1 heterocycles. The zero-order valence-corrected chi connectivity index (χ0v) is 25.5. The fraction of sp³-hybridized carbons (Fsp3) is 0.345. The van der Waals surface area contributed by atoms with Crippen LogP contribution in [0.1, 0.15) is 30.0 Å². The van der Waals surface area contributed by atoms with Crippen LogP contribution in [0.4, 0.5) is 9.18 Å². The molecule has 3 rings (SSSR count). The largest absolute Gasteiger partial charge is 0.479 e. The molecule has 2 atom stereocenters. The van der Waals surface area contributed by atoms with Crippen LogP contribution >= 0.6 is 11.6 Å². The number of ether oxygens (including phenoxy) is 4. The lowest BCUT2D eigenvalue weighted by molar-refractivity contribution is -0.175. The third kappa shape index (κ3) is 10.2. The number of amides is 2. The number of nitrogens with one attached hydrogen (secondary N) is 2. The molecule has 0 bridgehead atoms. The van der Waals surface area contributed by atoms with Gasteiger partial charge in [0.15, 0.2) is 6.10 Å². The van der Waals surface area contributed by atoms with Gasteiger partial charge >= 0.3 is 23.9 Å². The summed E-state index contributed by atoms with van der Waals surface area (Å²) in [4.78, 5) is 49.2. The van der Waals surface area contributed by atoms with Gasteiger partial charge in [-0.15, -0.1) is 0 Å². The summed E-state index contributed by atoms with van der Waals surface area (Å²) in [5.74, 6) is -3.83. The van der Waals surface area contributed by atoms with Gasteiger partial charge in [-0.3, -0.25) is 10.2 Å². The Hall–Kier alpha value is -4.73. The van der Waals surface area contributed by atoms with E-state index in [1.54, 1.807) is 38.1 Å². The molecule has 0 saturated heterocycles. The van der Waals surface area contributed by atoms with E-state index in [-0.39, 0.29) is 29.7 Å². The van der Waals surface area contributed by atoms with Crippen LogP contribution in [0.3, 0.4) is 0 Å².